The minimum Gasteiger partial charge on any atom is -0.485 e. The van der Waals surface area contributed by atoms with Gasteiger partial charge in [-0.3, -0.25) is 0 Å². The molecule has 0 aromatic heterocycles. The summed E-state index contributed by atoms with van der Waals surface area (Å²) in [6.45, 7) is 0.223. The Balaban J connectivity index is 1.74. The van der Waals surface area contributed by atoms with Gasteiger partial charge in [-0.1, -0.05) is 24.3 Å². The van der Waals surface area contributed by atoms with Crippen LogP contribution < -0.4 is 14.2 Å². The second-order valence-corrected chi connectivity index (χ2v) is 5.62. The molecule has 122 valence electrons. The molecule has 2 aromatic carbocycles. The number of ether oxygens (including phenoxy) is 4. The number of para-hydroxylation sites is 1. The van der Waals surface area contributed by atoms with E-state index in [4.69, 9.17) is 18.9 Å². The standard InChI is InChI=1S/C19H16O5/c1-21-19(20)14-8-12-4-2-3-5-15(12)24-17(10-14)13-6-7-16-18(9-13)23-11-22-16/h2-9,17H,10-11H2,1H3. The second-order valence-electron chi connectivity index (χ2n) is 5.62. The molecule has 0 aliphatic carbocycles. The van der Waals surface area contributed by atoms with Gasteiger partial charge in [-0.25, -0.2) is 4.79 Å². The Morgan fingerprint density at radius 2 is 1.92 bits per heavy atom. The molecule has 2 heterocycles. The van der Waals surface area contributed by atoms with Crippen LogP contribution in [-0.4, -0.2) is 19.9 Å². The molecule has 5 nitrogen and oxygen atoms in total. The molecule has 0 radical (unpaired) electrons. The van der Waals surface area contributed by atoms with Gasteiger partial charge >= 0.3 is 5.97 Å². The number of carbonyl (C=O) groups excluding carboxylic acids is 1. The topological polar surface area (TPSA) is 54.0 Å². The SMILES string of the molecule is COC(=O)C1=Cc2ccccc2OC(c2ccc3c(c2)OCO3)C1. The molecule has 0 amide bonds. The molecule has 0 saturated carbocycles. The fourth-order valence-electron chi connectivity index (χ4n) is 2.92. The highest BCUT2D eigenvalue weighted by molar-refractivity contribution is 5.94. The quantitative estimate of drug-likeness (QED) is 0.792. The number of benzene rings is 2. The summed E-state index contributed by atoms with van der Waals surface area (Å²) in [6, 6.07) is 13.3. The third-order valence-electron chi connectivity index (χ3n) is 4.14. The third-order valence-corrected chi connectivity index (χ3v) is 4.14. The maximum absolute atomic E-state index is 12.1. The maximum Gasteiger partial charge on any atom is 0.333 e. The second kappa shape index (κ2) is 5.92. The average molecular weight is 324 g/mol. The summed E-state index contributed by atoms with van der Waals surface area (Å²) in [7, 11) is 1.39. The van der Waals surface area contributed by atoms with Crippen LogP contribution in [0.4, 0.5) is 0 Å². The summed E-state index contributed by atoms with van der Waals surface area (Å²) in [5.41, 5.74) is 2.36. The van der Waals surface area contributed by atoms with E-state index in [9.17, 15) is 4.79 Å². The first-order valence-corrected chi connectivity index (χ1v) is 7.69. The first-order chi connectivity index (χ1) is 11.7. The van der Waals surface area contributed by atoms with Gasteiger partial charge in [-0.15, -0.1) is 0 Å². The normalized spacial score (nSPS) is 18.0. The molecule has 2 aliphatic rings. The van der Waals surface area contributed by atoms with Crippen molar-refractivity contribution in [1.29, 1.82) is 0 Å². The molecule has 2 aliphatic heterocycles. The predicted octanol–water partition coefficient (Wildman–Crippen LogP) is 3.50. The van der Waals surface area contributed by atoms with Crippen LogP contribution in [0.1, 0.15) is 23.7 Å². The Bertz CT molecular complexity index is 824. The van der Waals surface area contributed by atoms with E-state index in [1.54, 1.807) is 0 Å². The van der Waals surface area contributed by atoms with Gasteiger partial charge in [0.25, 0.3) is 0 Å². The molecular weight excluding hydrogens is 308 g/mol. The van der Waals surface area contributed by atoms with Gasteiger partial charge in [0.15, 0.2) is 11.5 Å². The van der Waals surface area contributed by atoms with Gasteiger partial charge in [-0.05, 0) is 29.8 Å². The summed E-state index contributed by atoms with van der Waals surface area (Å²) < 4.78 is 21.9. The van der Waals surface area contributed by atoms with Crippen molar-refractivity contribution < 1.29 is 23.7 Å². The monoisotopic (exact) mass is 324 g/mol. The highest BCUT2D eigenvalue weighted by Gasteiger charge is 2.26. The van der Waals surface area contributed by atoms with Crippen LogP contribution in [-0.2, 0) is 9.53 Å². The van der Waals surface area contributed by atoms with Crippen LogP contribution in [0.2, 0.25) is 0 Å². The van der Waals surface area contributed by atoms with Crippen molar-refractivity contribution in [3.8, 4) is 17.2 Å². The third kappa shape index (κ3) is 2.58. The highest BCUT2D eigenvalue weighted by atomic mass is 16.7. The summed E-state index contributed by atoms with van der Waals surface area (Å²) >= 11 is 0. The highest BCUT2D eigenvalue weighted by Crippen LogP contribution is 2.39. The summed E-state index contributed by atoms with van der Waals surface area (Å²) in [4.78, 5) is 12.1. The van der Waals surface area contributed by atoms with E-state index in [1.165, 1.54) is 7.11 Å². The number of rotatable bonds is 2. The molecule has 0 saturated heterocycles. The zero-order chi connectivity index (χ0) is 16.5. The zero-order valence-corrected chi connectivity index (χ0v) is 13.2. The first-order valence-electron chi connectivity index (χ1n) is 7.69. The Labute approximate surface area is 139 Å². The van der Waals surface area contributed by atoms with Crippen molar-refractivity contribution in [3.05, 3.63) is 59.2 Å². The van der Waals surface area contributed by atoms with E-state index >= 15 is 0 Å². The van der Waals surface area contributed by atoms with E-state index in [2.05, 4.69) is 0 Å². The molecular formula is C19H16O5. The van der Waals surface area contributed by atoms with E-state index in [1.807, 2.05) is 48.5 Å². The maximum atomic E-state index is 12.1. The Kier molecular flexibility index (Phi) is 3.61. The number of fused-ring (bicyclic) bond motifs is 2. The zero-order valence-electron chi connectivity index (χ0n) is 13.2. The van der Waals surface area contributed by atoms with Gasteiger partial charge in [0.05, 0.1) is 7.11 Å². The minimum atomic E-state index is -0.346. The van der Waals surface area contributed by atoms with Crippen molar-refractivity contribution in [3.63, 3.8) is 0 Å². The number of hydrogen-bond acceptors (Lipinski definition) is 5. The van der Waals surface area contributed by atoms with Crippen molar-refractivity contribution >= 4 is 12.0 Å². The number of esters is 1. The molecule has 5 heteroatoms. The number of carbonyl (C=O) groups is 1. The van der Waals surface area contributed by atoms with Crippen LogP contribution in [0.3, 0.4) is 0 Å². The lowest BCUT2D eigenvalue weighted by molar-refractivity contribution is -0.136. The average Bonchev–Trinajstić information content (AvgIpc) is 2.99. The van der Waals surface area contributed by atoms with E-state index in [-0.39, 0.29) is 18.9 Å². The lowest BCUT2D eigenvalue weighted by Crippen LogP contribution is -2.12. The molecule has 0 bridgehead atoms. The van der Waals surface area contributed by atoms with E-state index in [0.717, 1.165) is 22.6 Å². The predicted molar refractivity (Wildman–Crippen MR) is 87.0 cm³/mol. The van der Waals surface area contributed by atoms with Gasteiger partial charge in [0.2, 0.25) is 6.79 Å². The number of methoxy groups -OCH3 is 1. The van der Waals surface area contributed by atoms with Crippen LogP contribution in [0.5, 0.6) is 17.2 Å². The van der Waals surface area contributed by atoms with Crippen molar-refractivity contribution in [2.24, 2.45) is 0 Å². The van der Waals surface area contributed by atoms with Crippen LogP contribution in [0.25, 0.3) is 6.08 Å². The van der Waals surface area contributed by atoms with Crippen LogP contribution in [0.15, 0.2) is 48.0 Å². The lowest BCUT2D eigenvalue weighted by Gasteiger charge is -2.19. The van der Waals surface area contributed by atoms with Gasteiger partial charge in [0, 0.05) is 17.6 Å². The molecule has 0 fully saturated rings. The smallest absolute Gasteiger partial charge is 0.333 e. The fraction of sp³-hybridized carbons (Fsp3) is 0.211. The van der Waals surface area contributed by atoms with Crippen LogP contribution in [0, 0.1) is 0 Å². The Morgan fingerprint density at radius 3 is 2.79 bits per heavy atom. The lowest BCUT2D eigenvalue weighted by atomic mass is 10.0. The van der Waals surface area contributed by atoms with Crippen molar-refractivity contribution in [1.82, 2.24) is 0 Å². The minimum absolute atomic E-state index is 0.223. The Morgan fingerprint density at radius 1 is 1.08 bits per heavy atom. The van der Waals surface area contributed by atoms with E-state index < -0.39 is 0 Å². The molecule has 1 atom stereocenters. The van der Waals surface area contributed by atoms with Crippen LogP contribution >= 0.6 is 0 Å². The van der Waals surface area contributed by atoms with Crippen molar-refractivity contribution in [2.45, 2.75) is 12.5 Å². The summed E-state index contributed by atoms with van der Waals surface area (Å²) in [5.74, 6) is 1.80. The van der Waals surface area contributed by atoms with Crippen molar-refractivity contribution in [2.75, 3.05) is 13.9 Å². The van der Waals surface area contributed by atoms with Gasteiger partial charge in [-0.2, -0.15) is 0 Å². The molecule has 1 unspecified atom stereocenters. The van der Waals surface area contributed by atoms with E-state index in [0.29, 0.717) is 17.7 Å². The molecule has 4 rings (SSSR count). The Hall–Kier alpha value is -2.95. The number of hydrogen-bond donors (Lipinski definition) is 0. The van der Waals surface area contributed by atoms with Gasteiger partial charge in [0.1, 0.15) is 11.9 Å². The molecule has 2 aromatic rings. The summed E-state index contributed by atoms with van der Waals surface area (Å²) in [6.07, 6.45) is 1.93. The molecule has 0 spiro atoms. The fourth-order valence-corrected chi connectivity index (χ4v) is 2.92. The molecule has 24 heavy (non-hydrogen) atoms. The largest absolute Gasteiger partial charge is 0.485 e. The van der Waals surface area contributed by atoms with Gasteiger partial charge < -0.3 is 18.9 Å². The summed E-state index contributed by atoms with van der Waals surface area (Å²) in [5, 5.41) is 0. The molecule has 0 N–H and O–H groups in total. The first kappa shape index (κ1) is 14.6.